The first-order valence-electron chi connectivity index (χ1n) is 6.46. The van der Waals surface area contributed by atoms with Gasteiger partial charge in [0.05, 0.1) is 13.7 Å². The summed E-state index contributed by atoms with van der Waals surface area (Å²) in [6.45, 7) is 5.87. The van der Waals surface area contributed by atoms with Crippen LogP contribution in [0.5, 0.6) is 11.5 Å². The van der Waals surface area contributed by atoms with Gasteiger partial charge in [0, 0.05) is 17.8 Å². The maximum atomic E-state index is 11.3. The van der Waals surface area contributed by atoms with Crippen molar-refractivity contribution in [2.75, 3.05) is 13.7 Å². The number of ether oxygens (including phenoxy) is 2. The monoisotopic (exact) mass is 279 g/mol. The van der Waals surface area contributed by atoms with Crippen molar-refractivity contribution in [2.45, 2.75) is 26.8 Å². The number of carbonyl (C=O) groups excluding carboxylic acids is 1. The Balaban J connectivity index is 2.75. The van der Waals surface area contributed by atoms with E-state index in [0.29, 0.717) is 18.1 Å². The molecule has 1 atom stereocenters. The third kappa shape index (κ3) is 4.50. The maximum Gasteiger partial charge on any atom is 0.332 e. The van der Waals surface area contributed by atoms with E-state index in [9.17, 15) is 9.90 Å². The quantitative estimate of drug-likeness (QED) is 0.618. The Morgan fingerprint density at radius 2 is 2.20 bits per heavy atom. The van der Waals surface area contributed by atoms with Gasteiger partial charge in [0.25, 0.3) is 0 Å². The summed E-state index contributed by atoms with van der Waals surface area (Å²) in [7, 11) is 1.50. The fraction of sp³-hybridized carbons (Fsp3) is 0.400. The van der Waals surface area contributed by atoms with E-state index in [4.69, 9.17) is 9.47 Å². The summed E-state index contributed by atoms with van der Waals surface area (Å²) < 4.78 is 9.91. The number of methoxy groups -OCH3 is 1. The van der Waals surface area contributed by atoms with Crippen molar-refractivity contribution in [1.82, 2.24) is 5.32 Å². The predicted molar refractivity (Wildman–Crippen MR) is 76.6 cm³/mol. The molecule has 110 valence electrons. The van der Waals surface area contributed by atoms with E-state index in [-0.39, 0.29) is 17.8 Å². The molecular formula is C15H21NO4. The van der Waals surface area contributed by atoms with Crippen LogP contribution in [0.2, 0.25) is 0 Å². The minimum Gasteiger partial charge on any atom is -0.504 e. The summed E-state index contributed by atoms with van der Waals surface area (Å²) in [5, 5.41) is 12.7. The van der Waals surface area contributed by atoms with Gasteiger partial charge in [-0.3, -0.25) is 0 Å². The van der Waals surface area contributed by atoms with Crippen LogP contribution < -0.4 is 10.1 Å². The van der Waals surface area contributed by atoms with Crippen molar-refractivity contribution in [2.24, 2.45) is 0 Å². The third-order valence-electron chi connectivity index (χ3n) is 2.77. The molecule has 1 aromatic carbocycles. The molecule has 0 spiro atoms. The van der Waals surface area contributed by atoms with Crippen LogP contribution in [0.1, 0.15) is 32.4 Å². The standard InChI is InChI=1S/C15H21NO4/c1-5-20-15(18)8-10(2)16-11(3)12-6-7-13(17)14(9-12)19-4/h6-9,11,16-17H,5H2,1-4H3. The smallest absolute Gasteiger partial charge is 0.332 e. The van der Waals surface area contributed by atoms with Gasteiger partial charge in [-0.15, -0.1) is 0 Å². The average Bonchev–Trinajstić information content (AvgIpc) is 2.39. The van der Waals surface area contributed by atoms with Crippen LogP contribution >= 0.6 is 0 Å². The Hall–Kier alpha value is -2.17. The van der Waals surface area contributed by atoms with E-state index < -0.39 is 0 Å². The Bertz CT molecular complexity index is 497. The molecule has 0 aliphatic carbocycles. The van der Waals surface area contributed by atoms with E-state index in [1.165, 1.54) is 13.2 Å². The first-order chi connectivity index (χ1) is 9.47. The normalized spacial score (nSPS) is 12.7. The molecule has 0 saturated carbocycles. The topological polar surface area (TPSA) is 67.8 Å². The van der Waals surface area contributed by atoms with Crippen molar-refractivity contribution >= 4 is 5.97 Å². The van der Waals surface area contributed by atoms with Crippen molar-refractivity contribution < 1.29 is 19.4 Å². The highest BCUT2D eigenvalue weighted by Gasteiger charge is 2.09. The van der Waals surface area contributed by atoms with E-state index in [1.807, 2.05) is 6.92 Å². The van der Waals surface area contributed by atoms with E-state index >= 15 is 0 Å². The SMILES string of the molecule is CCOC(=O)C=C(C)NC(C)c1ccc(O)c(OC)c1. The number of benzene rings is 1. The second kappa shape index (κ2) is 7.43. The van der Waals surface area contributed by atoms with Crippen LogP contribution in [0, 0.1) is 0 Å². The molecule has 0 aliphatic heterocycles. The lowest BCUT2D eigenvalue weighted by Gasteiger charge is -2.17. The zero-order valence-electron chi connectivity index (χ0n) is 12.3. The highest BCUT2D eigenvalue weighted by Crippen LogP contribution is 2.29. The molecule has 5 heteroatoms. The summed E-state index contributed by atoms with van der Waals surface area (Å²) in [4.78, 5) is 11.3. The van der Waals surface area contributed by atoms with Crippen LogP contribution in [0.4, 0.5) is 0 Å². The van der Waals surface area contributed by atoms with Gasteiger partial charge in [-0.1, -0.05) is 6.07 Å². The molecule has 5 nitrogen and oxygen atoms in total. The second-order valence-electron chi connectivity index (χ2n) is 4.38. The van der Waals surface area contributed by atoms with Crippen LogP contribution in [-0.4, -0.2) is 24.8 Å². The largest absolute Gasteiger partial charge is 0.504 e. The molecular weight excluding hydrogens is 258 g/mol. The first kappa shape index (κ1) is 15.9. The van der Waals surface area contributed by atoms with E-state index in [2.05, 4.69) is 5.32 Å². The summed E-state index contributed by atoms with van der Waals surface area (Å²) in [6, 6.07) is 5.10. The molecule has 0 radical (unpaired) electrons. The molecule has 0 aliphatic rings. The van der Waals surface area contributed by atoms with E-state index in [0.717, 1.165) is 5.56 Å². The third-order valence-corrected chi connectivity index (χ3v) is 2.77. The molecule has 0 fully saturated rings. The summed E-state index contributed by atoms with van der Waals surface area (Å²) >= 11 is 0. The van der Waals surface area contributed by atoms with E-state index in [1.54, 1.807) is 32.0 Å². The number of allylic oxidation sites excluding steroid dienone is 1. The van der Waals surface area contributed by atoms with Gasteiger partial charge < -0.3 is 19.9 Å². The van der Waals surface area contributed by atoms with Gasteiger partial charge in [0.2, 0.25) is 0 Å². The summed E-state index contributed by atoms with van der Waals surface area (Å²) in [5.74, 6) is 0.151. The molecule has 0 aromatic heterocycles. The van der Waals surface area contributed by atoms with Gasteiger partial charge >= 0.3 is 5.97 Å². The zero-order chi connectivity index (χ0) is 15.1. The molecule has 0 heterocycles. The Morgan fingerprint density at radius 1 is 1.50 bits per heavy atom. The van der Waals surface area contributed by atoms with Crippen LogP contribution in [0.25, 0.3) is 0 Å². The number of esters is 1. The minimum atomic E-state index is -0.368. The lowest BCUT2D eigenvalue weighted by molar-refractivity contribution is -0.137. The van der Waals surface area contributed by atoms with Crippen LogP contribution in [-0.2, 0) is 9.53 Å². The molecule has 0 bridgehead atoms. The summed E-state index contributed by atoms with van der Waals surface area (Å²) in [5.41, 5.74) is 1.65. The number of hydrogen-bond acceptors (Lipinski definition) is 5. The number of aromatic hydroxyl groups is 1. The molecule has 20 heavy (non-hydrogen) atoms. The Labute approximate surface area is 119 Å². The van der Waals surface area contributed by atoms with Crippen molar-refractivity contribution in [3.8, 4) is 11.5 Å². The number of phenols is 1. The molecule has 1 unspecified atom stereocenters. The minimum absolute atomic E-state index is 0.0322. The fourth-order valence-corrected chi connectivity index (χ4v) is 1.79. The van der Waals surface area contributed by atoms with Gasteiger partial charge in [0.1, 0.15) is 0 Å². The second-order valence-corrected chi connectivity index (χ2v) is 4.38. The first-order valence-corrected chi connectivity index (χ1v) is 6.46. The van der Waals surface area contributed by atoms with Gasteiger partial charge in [-0.2, -0.15) is 0 Å². The Morgan fingerprint density at radius 3 is 2.80 bits per heavy atom. The molecule has 1 aromatic rings. The molecule has 2 N–H and O–H groups in total. The number of nitrogens with one attached hydrogen (secondary N) is 1. The lowest BCUT2D eigenvalue weighted by Crippen LogP contribution is -2.17. The lowest BCUT2D eigenvalue weighted by atomic mass is 10.1. The molecule has 0 amide bonds. The zero-order valence-corrected chi connectivity index (χ0v) is 12.3. The molecule has 0 saturated heterocycles. The fourth-order valence-electron chi connectivity index (χ4n) is 1.79. The van der Waals surface area contributed by atoms with Gasteiger partial charge in [-0.25, -0.2) is 4.79 Å². The van der Waals surface area contributed by atoms with Crippen LogP contribution in [0.3, 0.4) is 0 Å². The number of hydrogen-bond donors (Lipinski definition) is 2. The number of rotatable bonds is 6. The number of phenolic OH excluding ortho intramolecular Hbond substituents is 1. The highest BCUT2D eigenvalue weighted by molar-refractivity contribution is 5.82. The van der Waals surface area contributed by atoms with Crippen molar-refractivity contribution in [3.63, 3.8) is 0 Å². The highest BCUT2D eigenvalue weighted by atomic mass is 16.5. The van der Waals surface area contributed by atoms with Gasteiger partial charge in [-0.05, 0) is 38.5 Å². The average molecular weight is 279 g/mol. The van der Waals surface area contributed by atoms with Gasteiger partial charge in [0.15, 0.2) is 11.5 Å². The van der Waals surface area contributed by atoms with Crippen molar-refractivity contribution in [1.29, 1.82) is 0 Å². The summed E-state index contributed by atoms with van der Waals surface area (Å²) in [6.07, 6.45) is 1.41. The molecule has 1 rings (SSSR count). The van der Waals surface area contributed by atoms with Crippen LogP contribution in [0.15, 0.2) is 30.0 Å². The Kier molecular flexibility index (Phi) is 5.90. The predicted octanol–water partition coefficient (Wildman–Crippen LogP) is 2.52. The number of carbonyl (C=O) groups is 1. The van der Waals surface area contributed by atoms with Crippen molar-refractivity contribution in [3.05, 3.63) is 35.5 Å². The maximum absolute atomic E-state index is 11.3.